The average Bonchev–Trinajstić information content (AvgIpc) is 2.52. The lowest BCUT2D eigenvalue weighted by molar-refractivity contribution is 0.0767. The highest BCUT2D eigenvalue weighted by molar-refractivity contribution is 6.31. The summed E-state index contributed by atoms with van der Waals surface area (Å²) >= 11 is 5.72. The van der Waals surface area contributed by atoms with Crippen molar-refractivity contribution in [2.45, 2.75) is 13.8 Å². The second-order valence-electron chi connectivity index (χ2n) is 4.50. The lowest BCUT2D eigenvalue weighted by Crippen LogP contribution is -2.31. The van der Waals surface area contributed by atoms with Crippen molar-refractivity contribution < 1.29 is 9.18 Å². The van der Waals surface area contributed by atoms with Gasteiger partial charge in [0, 0.05) is 25.0 Å². The van der Waals surface area contributed by atoms with Crippen LogP contribution in [0.25, 0.3) is 0 Å². The van der Waals surface area contributed by atoms with Crippen LogP contribution in [0.2, 0.25) is 5.02 Å². The summed E-state index contributed by atoms with van der Waals surface area (Å²) in [5.74, 6) is -0.410. The number of benzene rings is 1. The number of nitrogens with zero attached hydrogens (tertiary/aromatic N) is 3. The molecule has 1 amide bonds. The zero-order valence-electron chi connectivity index (χ0n) is 12.3. The van der Waals surface area contributed by atoms with Gasteiger partial charge in [-0.2, -0.15) is 0 Å². The lowest BCUT2D eigenvalue weighted by Gasteiger charge is -2.18. The fourth-order valence-electron chi connectivity index (χ4n) is 1.91. The van der Waals surface area contributed by atoms with Crippen LogP contribution in [-0.4, -0.2) is 33.9 Å². The smallest absolute Gasteiger partial charge is 0.272 e. The molecule has 7 heteroatoms. The van der Waals surface area contributed by atoms with Gasteiger partial charge in [-0.3, -0.25) is 4.79 Å². The molecule has 0 aliphatic heterocycles. The van der Waals surface area contributed by atoms with Gasteiger partial charge in [0.15, 0.2) is 0 Å². The molecule has 2 rings (SSSR count). The minimum atomic E-state index is -0.501. The first-order chi connectivity index (χ1) is 10.5. The Bertz CT molecular complexity index is 676. The summed E-state index contributed by atoms with van der Waals surface area (Å²) in [4.78, 5) is 22.2. The first-order valence-corrected chi connectivity index (χ1v) is 7.27. The van der Waals surface area contributed by atoms with E-state index in [4.69, 9.17) is 11.6 Å². The van der Waals surface area contributed by atoms with Crippen LogP contribution in [0.15, 0.2) is 30.5 Å². The molecule has 1 aromatic heterocycles. The Kier molecular flexibility index (Phi) is 5.27. The Balaban J connectivity index is 2.21. The molecule has 0 saturated heterocycles. The highest BCUT2D eigenvalue weighted by Gasteiger charge is 2.14. The molecule has 0 bridgehead atoms. The molecule has 0 fully saturated rings. The highest BCUT2D eigenvalue weighted by Crippen LogP contribution is 2.21. The van der Waals surface area contributed by atoms with Gasteiger partial charge in [-0.1, -0.05) is 11.6 Å². The topological polar surface area (TPSA) is 58.1 Å². The number of amides is 1. The molecule has 0 aliphatic rings. The Hall–Kier alpha value is -2.21. The van der Waals surface area contributed by atoms with Gasteiger partial charge in [-0.05, 0) is 38.1 Å². The zero-order chi connectivity index (χ0) is 16.1. The predicted octanol–water partition coefficient (Wildman–Crippen LogP) is 3.49. The van der Waals surface area contributed by atoms with Crippen LogP contribution in [0, 0.1) is 5.82 Å². The normalized spacial score (nSPS) is 10.4. The third-order valence-electron chi connectivity index (χ3n) is 3.10. The number of aromatic nitrogens is 2. The minimum absolute atomic E-state index is 0.000345. The van der Waals surface area contributed by atoms with Crippen molar-refractivity contribution in [3.05, 3.63) is 47.0 Å². The van der Waals surface area contributed by atoms with Crippen molar-refractivity contribution >= 4 is 29.1 Å². The van der Waals surface area contributed by atoms with Crippen molar-refractivity contribution in [3.8, 4) is 0 Å². The largest absolute Gasteiger partial charge is 0.338 e. The number of anilines is 2. The molecule has 1 heterocycles. The molecule has 0 spiro atoms. The van der Waals surface area contributed by atoms with Gasteiger partial charge in [0.05, 0.1) is 5.02 Å². The Morgan fingerprint density at radius 3 is 2.68 bits per heavy atom. The molecule has 0 aliphatic carbocycles. The summed E-state index contributed by atoms with van der Waals surface area (Å²) in [6, 6.07) is 5.75. The van der Waals surface area contributed by atoms with Gasteiger partial charge in [0.2, 0.25) is 5.95 Å². The standard InChI is InChI=1S/C15H16ClFN4O/c1-3-21(4-2)14(22)13-7-8-18-15(20-13)19-10-5-6-12(17)11(16)9-10/h5-9H,3-4H2,1-2H3,(H,18,19,20). The number of nitrogens with one attached hydrogen (secondary N) is 1. The van der Waals surface area contributed by atoms with Gasteiger partial charge in [-0.15, -0.1) is 0 Å². The molecule has 0 unspecified atom stereocenters. The highest BCUT2D eigenvalue weighted by atomic mass is 35.5. The molecule has 5 nitrogen and oxygen atoms in total. The van der Waals surface area contributed by atoms with Crippen LogP contribution in [-0.2, 0) is 0 Å². The van der Waals surface area contributed by atoms with E-state index in [1.807, 2.05) is 13.8 Å². The molecular formula is C15H16ClFN4O. The second-order valence-corrected chi connectivity index (χ2v) is 4.90. The van der Waals surface area contributed by atoms with E-state index in [2.05, 4.69) is 15.3 Å². The maximum atomic E-state index is 13.1. The molecule has 0 atom stereocenters. The monoisotopic (exact) mass is 322 g/mol. The Labute approximate surface area is 133 Å². The molecule has 1 N–H and O–H groups in total. The van der Waals surface area contributed by atoms with Crippen LogP contribution >= 0.6 is 11.6 Å². The third kappa shape index (κ3) is 3.71. The maximum absolute atomic E-state index is 13.1. The molecule has 0 saturated carbocycles. The summed E-state index contributed by atoms with van der Waals surface area (Å²) in [5, 5.41) is 2.90. The molecule has 2 aromatic rings. The van der Waals surface area contributed by atoms with Crippen molar-refractivity contribution in [1.82, 2.24) is 14.9 Å². The first-order valence-electron chi connectivity index (χ1n) is 6.89. The zero-order valence-corrected chi connectivity index (χ0v) is 13.1. The van der Waals surface area contributed by atoms with Gasteiger partial charge >= 0.3 is 0 Å². The quantitative estimate of drug-likeness (QED) is 0.915. The fraction of sp³-hybridized carbons (Fsp3) is 0.267. The van der Waals surface area contributed by atoms with E-state index < -0.39 is 5.82 Å². The number of carbonyl (C=O) groups is 1. The van der Waals surface area contributed by atoms with Crippen LogP contribution < -0.4 is 5.32 Å². The maximum Gasteiger partial charge on any atom is 0.272 e. The summed E-state index contributed by atoms with van der Waals surface area (Å²) in [7, 11) is 0. The van der Waals surface area contributed by atoms with E-state index in [0.29, 0.717) is 24.5 Å². The van der Waals surface area contributed by atoms with E-state index >= 15 is 0 Å². The number of halogens is 2. The second kappa shape index (κ2) is 7.17. The molecule has 0 radical (unpaired) electrons. The average molecular weight is 323 g/mol. The Morgan fingerprint density at radius 1 is 1.32 bits per heavy atom. The van der Waals surface area contributed by atoms with Gasteiger partial charge in [-0.25, -0.2) is 14.4 Å². The van der Waals surface area contributed by atoms with Crippen molar-refractivity contribution in [1.29, 1.82) is 0 Å². The number of carbonyl (C=O) groups excluding carboxylic acids is 1. The number of rotatable bonds is 5. The van der Waals surface area contributed by atoms with Crippen LogP contribution in [0.4, 0.5) is 16.0 Å². The molecular weight excluding hydrogens is 307 g/mol. The van der Waals surface area contributed by atoms with Crippen LogP contribution in [0.3, 0.4) is 0 Å². The molecule has 116 valence electrons. The van der Waals surface area contributed by atoms with Crippen LogP contribution in [0.5, 0.6) is 0 Å². The lowest BCUT2D eigenvalue weighted by atomic mass is 10.3. The van der Waals surface area contributed by atoms with Crippen molar-refractivity contribution in [2.24, 2.45) is 0 Å². The first kappa shape index (κ1) is 16.2. The molecule has 22 heavy (non-hydrogen) atoms. The van der Waals surface area contributed by atoms with E-state index in [1.165, 1.54) is 24.4 Å². The fourth-order valence-corrected chi connectivity index (χ4v) is 2.09. The van der Waals surface area contributed by atoms with Gasteiger partial charge < -0.3 is 10.2 Å². The Morgan fingerprint density at radius 2 is 2.05 bits per heavy atom. The molecule has 1 aromatic carbocycles. The van der Waals surface area contributed by atoms with Crippen LogP contribution in [0.1, 0.15) is 24.3 Å². The SMILES string of the molecule is CCN(CC)C(=O)c1ccnc(Nc2ccc(F)c(Cl)c2)n1. The predicted molar refractivity (Wildman–Crippen MR) is 84.0 cm³/mol. The van der Waals surface area contributed by atoms with E-state index in [-0.39, 0.29) is 16.9 Å². The van der Waals surface area contributed by atoms with Crippen molar-refractivity contribution in [2.75, 3.05) is 18.4 Å². The summed E-state index contributed by atoms with van der Waals surface area (Å²) in [6.45, 7) is 5.02. The summed E-state index contributed by atoms with van der Waals surface area (Å²) in [5.41, 5.74) is 0.841. The van der Waals surface area contributed by atoms with Crippen molar-refractivity contribution in [3.63, 3.8) is 0 Å². The number of hydrogen-bond donors (Lipinski definition) is 1. The van der Waals surface area contributed by atoms with E-state index in [9.17, 15) is 9.18 Å². The van der Waals surface area contributed by atoms with E-state index in [0.717, 1.165) is 0 Å². The summed E-state index contributed by atoms with van der Waals surface area (Å²) in [6.07, 6.45) is 1.50. The number of hydrogen-bond acceptors (Lipinski definition) is 4. The van der Waals surface area contributed by atoms with Gasteiger partial charge in [0.1, 0.15) is 11.5 Å². The van der Waals surface area contributed by atoms with E-state index in [1.54, 1.807) is 11.0 Å². The minimum Gasteiger partial charge on any atom is -0.338 e. The third-order valence-corrected chi connectivity index (χ3v) is 3.39. The van der Waals surface area contributed by atoms with Gasteiger partial charge in [0.25, 0.3) is 5.91 Å². The summed E-state index contributed by atoms with van der Waals surface area (Å²) < 4.78 is 13.1.